The minimum atomic E-state index is -3.56. The van der Waals surface area contributed by atoms with Crippen molar-refractivity contribution in [2.24, 2.45) is 0 Å². The van der Waals surface area contributed by atoms with E-state index in [1.807, 2.05) is 0 Å². The zero-order valence-corrected chi connectivity index (χ0v) is 11.7. The molecule has 0 atom stereocenters. The molecule has 1 heterocycles. The van der Waals surface area contributed by atoms with E-state index in [2.05, 4.69) is 21.9 Å². The van der Waals surface area contributed by atoms with Crippen molar-refractivity contribution < 1.29 is 12.8 Å². The zero-order chi connectivity index (χ0) is 13.7. The quantitative estimate of drug-likeness (QED) is 0.583. The maximum absolute atomic E-state index is 11.9. The average molecular weight is 282 g/mol. The first-order valence-electron chi connectivity index (χ1n) is 6.33. The van der Waals surface area contributed by atoms with E-state index in [1.165, 1.54) is 18.9 Å². The van der Waals surface area contributed by atoms with Gasteiger partial charge < -0.3 is 9.73 Å². The van der Waals surface area contributed by atoms with Gasteiger partial charge in [-0.2, -0.15) is 0 Å². The van der Waals surface area contributed by atoms with E-state index in [0.717, 1.165) is 0 Å². The van der Waals surface area contributed by atoms with Gasteiger partial charge in [-0.1, -0.05) is 0 Å². The van der Waals surface area contributed by atoms with Crippen molar-refractivity contribution in [1.29, 1.82) is 0 Å². The zero-order valence-electron chi connectivity index (χ0n) is 10.9. The highest BCUT2D eigenvalue weighted by molar-refractivity contribution is 7.89. The summed E-state index contributed by atoms with van der Waals surface area (Å²) in [4.78, 5) is 0. The molecular weight excluding hydrogens is 264 g/mol. The normalized spacial score (nSPS) is 15.0. The first kappa shape index (κ1) is 14.1. The molecule has 19 heavy (non-hydrogen) atoms. The summed E-state index contributed by atoms with van der Waals surface area (Å²) in [6, 6.07) is 3.74. The van der Waals surface area contributed by atoms with Crippen molar-refractivity contribution in [1.82, 2.24) is 10.0 Å². The number of hydrogen-bond donors (Lipinski definition) is 2. The molecule has 0 unspecified atom stereocenters. The second-order valence-electron chi connectivity index (χ2n) is 4.45. The number of hydrogen-bond acceptors (Lipinski definition) is 4. The van der Waals surface area contributed by atoms with E-state index >= 15 is 0 Å². The summed E-state index contributed by atoms with van der Waals surface area (Å²) in [7, 11) is -3.56. The highest BCUT2D eigenvalue weighted by atomic mass is 32.2. The molecule has 0 radical (unpaired) electrons. The monoisotopic (exact) mass is 282 g/mol. The van der Waals surface area contributed by atoms with Gasteiger partial charge in [0.05, 0.1) is 6.54 Å². The Morgan fingerprint density at radius 3 is 2.89 bits per heavy atom. The van der Waals surface area contributed by atoms with Gasteiger partial charge >= 0.3 is 0 Å². The van der Waals surface area contributed by atoms with Gasteiger partial charge in [0.1, 0.15) is 5.76 Å². The second kappa shape index (κ2) is 6.24. The van der Waals surface area contributed by atoms with Crippen LogP contribution in [0.3, 0.4) is 0 Å². The molecule has 104 valence electrons. The van der Waals surface area contributed by atoms with Crippen molar-refractivity contribution in [3.63, 3.8) is 0 Å². The van der Waals surface area contributed by atoms with Crippen molar-refractivity contribution >= 4 is 10.0 Å². The van der Waals surface area contributed by atoms with Gasteiger partial charge in [-0.15, -0.1) is 11.8 Å². The summed E-state index contributed by atoms with van der Waals surface area (Å²) in [5.74, 6) is 6.15. The van der Waals surface area contributed by atoms with Gasteiger partial charge in [-0.25, -0.2) is 13.1 Å². The van der Waals surface area contributed by atoms with Crippen molar-refractivity contribution in [3.8, 4) is 11.8 Å². The van der Waals surface area contributed by atoms with Crippen molar-refractivity contribution in [2.75, 3.05) is 6.54 Å². The fourth-order valence-corrected chi connectivity index (χ4v) is 2.55. The van der Waals surface area contributed by atoms with Gasteiger partial charge in [-0.3, -0.25) is 0 Å². The maximum Gasteiger partial charge on any atom is 0.273 e. The Bertz CT molecular complexity index is 577. The van der Waals surface area contributed by atoms with Crippen LogP contribution in [0.1, 0.15) is 31.9 Å². The van der Waals surface area contributed by atoms with E-state index < -0.39 is 10.0 Å². The predicted molar refractivity (Wildman–Crippen MR) is 71.8 cm³/mol. The van der Waals surface area contributed by atoms with E-state index in [0.29, 0.717) is 31.3 Å². The number of furan rings is 1. The van der Waals surface area contributed by atoms with Crippen LogP contribution in [0.15, 0.2) is 21.6 Å². The van der Waals surface area contributed by atoms with E-state index in [1.54, 1.807) is 13.0 Å². The minimum absolute atomic E-state index is 0.0374. The molecule has 1 aliphatic rings. The van der Waals surface area contributed by atoms with Gasteiger partial charge in [0.15, 0.2) is 0 Å². The fraction of sp³-hybridized carbons (Fsp3) is 0.538. The largest absolute Gasteiger partial charge is 0.447 e. The van der Waals surface area contributed by atoms with Crippen LogP contribution in [0, 0.1) is 11.8 Å². The van der Waals surface area contributed by atoms with E-state index in [9.17, 15) is 8.42 Å². The first-order valence-corrected chi connectivity index (χ1v) is 7.81. The molecule has 6 heteroatoms. The third kappa shape index (κ3) is 4.39. The van der Waals surface area contributed by atoms with Crippen LogP contribution in [0.4, 0.5) is 0 Å². The topological polar surface area (TPSA) is 71.3 Å². The first-order chi connectivity index (χ1) is 9.12. The molecule has 5 nitrogen and oxygen atoms in total. The van der Waals surface area contributed by atoms with Crippen LogP contribution in [0.5, 0.6) is 0 Å². The van der Waals surface area contributed by atoms with Crippen LogP contribution in [-0.2, 0) is 16.6 Å². The molecule has 0 aromatic carbocycles. The van der Waals surface area contributed by atoms with Gasteiger partial charge in [0, 0.05) is 19.0 Å². The number of sulfonamides is 1. The summed E-state index contributed by atoms with van der Waals surface area (Å²) >= 11 is 0. The Kier molecular flexibility index (Phi) is 4.64. The fourth-order valence-electron chi connectivity index (χ4n) is 1.57. The smallest absolute Gasteiger partial charge is 0.273 e. The van der Waals surface area contributed by atoms with Crippen molar-refractivity contribution in [3.05, 3.63) is 17.9 Å². The minimum Gasteiger partial charge on any atom is -0.447 e. The number of nitrogens with one attached hydrogen (secondary N) is 2. The van der Waals surface area contributed by atoms with E-state index in [-0.39, 0.29) is 5.09 Å². The molecule has 0 bridgehead atoms. The van der Waals surface area contributed by atoms with Gasteiger partial charge in [0.2, 0.25) is 5.09 Å². The Balaban J connectivity index is 1.88. The molecule has 1 aromatic rings. The van der Waals surface area contributed by atoms with Crippen LogP contribution in [-0.4, -0.2) is 21.0 Å². The average Bonchev–Trinajstić information content (AvgIpc) is 3.08. The second-order valence-corrected chi connectivity index (χ2v) is 6.15. The Hall–Kier alpha value is -1.29. The summed E-state index contributed by atoms with van der Waals surface area (Å²) < 4.78 is 31.6. The molecule has 0 saturated heterocycles. The molecule has 0 amide bonds. The van der Waals surface area contributed by atoms with E-state index in [4.69, 9.17) is 4.42 Å². The lowest BCUT2D eigenvalue weighted by Gasteiger charge is -2.02. The highest BCUT2D eigenvalue weighted by Crippen LogP contribution is 2.20. The molecule has 0 aliphatic heterocycles. The van der Waals surface area contributed by atoms with Gasteiger partial charge in [0.25, 0.3) is 10.0 Å². The molecule has 2 rings (SSSR count). The lowest BCUT2D eigenvalue weighted by Crippen LogP contribution is -2.24. The summed E-state index contributed by atoms with van der Waals surface area (Å²) in [6.45, 7) is 2.58. The van der Waals surface area contributed by atoms with Crippen LogP contribution in [0.25, 0.3) is 0 Å². The molecule has 1 aliphatic carbocycles. The van der Waals surface area contributed by atoms with Crippen LogP contribution >= 0.6 is 0 Å². The van der Waals surface area contributed by atoms with Crippen LogP contribution in [0.2, 0.25) is 0 Å². The SMILES string of the molecule is CC#CCCNS(=O)(=O)c1ccc(CNC2CC2)o1. The Morgan fingerprint density at radius 1 is 1.42 bits per heavy atom. The summed E-state index contributed by atoms with van der Waals surface area (Å²) in [5, 5.41) is 3.23. The summed E-state index contributed by atoms with van der Waals surface area (Å²) in [5.41, 5.74) is 0. The molecule has 2 N–H and O–H groups in total. The number of rotatable bonds is 7. The Labute approximate surface area is 113 Å². The molecular formula is C13H18N2O3S. The highest BCUT2D eigenvalue weighted by Gasteiger charge is 2.22. The van der Waals surface area contributed by atoms with Gasteiger partial charge in [-0.05, 0) is 31.9 Å². The molecule has 1 saturated carbocycles. The third-order valence-electron chi connectivity index (χ3n) is 2.76. The van der Waals surface area contributed by atoms with Crippen LogP contribution < -0.4 is 10.0 Å². The molecule has 1 aromatic heterocycles. The lowest BCUT2D eigenvalue weighted by molar-refractivity contribution is 0.399. The predicted octanol–water partition coefficient (Wildman–Crippen LogP) is 1.22. The third-order valence-corrected chi connectivity index (χ3v) is 4.10. The molecule has 1 fully saturated rings. The maximum atomic E-state index is 11.9. The summed E-state index contributed by atoms with van der Waals surface area (Å²) in [6.07, 6.45) is 2.87. The lowest BCUT2D eigenvalue weighted by atomic mass is 10.4. The molecule has 0 spiro atoms. The Morgan fingerprint density at radius 2 is 2.21 bits per heavy atom. The standard InChI is InChI=1S/C13H18N2O3S/c1-2-3-4-9-15-19(16,17)13-8-7-12(18-13)10-14-11-5-6-11/h7-8,11,14-15H,4-6,9-10H2,1H3. The van der Waals surface area contributed by atoms with Crippen molar-refractivity contribution in [2.45, 2.75) is 43.9 Å².